The van der Waals surface area contributed by atoms with Gasteiger partial charge in [0, 0.05) is 37.0 Å². The fourth-order valence-corrected chi connectivity index (χ4v) is 2.79. The number of hydrogen-bond acceptors (Lipinski definition) is 4. The van der Waals surface area contributed by atoms with E-state index < -0.39 is 29.5 Å². The lowest BCUT2D eigenvalue weighted by Crippen LogP contribution is -2.29. The molecule has 0 aliphatic heterocycles. The summed E-state index contributed by atoms with van der Waals surface area (Å²) in [4.78, 5) is 27.3. The lowest BCUT2D eigenvalue weighted by molar-refractivity contribution is -0.136. The van der Waals surface area contributed by atoms with Gasteiger partial charge in [-0.3, -0.25) is 9.59 Å². The van der Waals surface area contributed by atoms with Crippen molar-refractivity contribution in [3.8, 4) is 11.1 Å². The van der Waals surface area contributed by atoms with Gasteiger partial charge >= 0.3 is 6.18 Å². The van der Waals surface area contributed by atoms with E-state index >= 15 is 0 Å². The molecule has 0 saturated carbocycles. The zero-order chi connectivity index (χ0) is 19.8. The van der Waals surface area contributed by atoms with Crippen LogP contribution in [-0.2, 0) is 15.8 Å². The Bertz CT molecular complexity index is 993. The average Bonchev–Trinajstić information content (AvgIpc) is 3.25. The summed E-state index contributed by atoms with van der Waals surface area (Å²) < 4.78 is 46.8. The number of nitrogens with zero attached hydrogens (tertiary/aromatic N) is 2. The highest BCUT2D eigenvalue weighted by Gasteiger charge is 2.35. The number of likely N-dealkylation sites (N-methyl/N-ethyl adjacent to an activating group) is 1. The van der Waals surface area contributed by atoms with Gasteiger partial charge in [0.05, 0.1) is 29.7 Å². The van der Waals surface area contributed by atoms with Crippen LogP contribution < -0.4 is 11.1 Å². The number of aromatic nitrogens is 2. The zero-order valence-electron chi connectivity index (χ0n) is 14.1. The Kier molecular flexibility index (Phi) is 4.64. The fourth-order valence-electron chi connectivity index (χ4n) is 2.79. The van der Waals surface area contributed by atoms with Gasteiger partial charge in [-0.25, -0.2) is 4.98 Å². The van der Waals surface area contributed by atoms with E-state index in [9.17, 15) is 22.8 Å². The number of carbonyl (C=O) groups is 2. The quantitative estimate of drug-likeness (QED) is 0.709. The van der Waals surface area contributed by atoms with Gasteiger partial charge in [-0.05, 0) is 12.1 Å². The second-order valence-corrected chi connectivity index (χ2v) is 5.89. The maximum atomic E-state index is 13.6. The summed E-state index contributed by atoms with van der Waals surface area (Å²) in [6.45, 7) is 0. The van der Waals surface area contributed by atoms with Crippen LogP contribution in [0.25, 0.3) is 16.8 Å². The number of pyridine rings is 1. The van der Waals surface area contributed by atoms with Crippen LogP contribution in [0.15, 0.2) is 41.5 Å². The Labute approximate surface area is 151 Å². The molecular weight excluding hydrogens is 365 g/mol. The monoisotopic (exact) mass is 380 g/mol. The van der Waals surface area contributed by atoms with Gasteiger partial charge < -0.3 is 19.9 Å². The molecule has 27 heavy (non-hydrogen) atoms. The van der Waals surface area contributed by atoms with E-state index in [1.807, 2.05) is 0 Å². The molecule has 0 aromatic carbocycles. The summed E-state index contributed by atoms with van der Waals surface area (Å²) in [5.41, 5.74) is 4.55. The molecule has 10 heteroatoms. The summed E-state index contributed by atoms with van der Waals surface area (Å²) in [7, 11) is 1.35. The second-order valence-electron chi connectivity index (χ2n) is 5.89. The molecule has 0 spiro atoms. The highest BCUT2D eigenvalue weighted by Crippen LogP contribution is 2.36. The molecule has 1 unspecified atom stereocenters. The molecule has 1 atom stereocenters. The first kappa shape index (κ1) is 18.5. The predicted molar refractivity (Wildman–Crippen MR) is 88.5 cm³/mol. The van der Waals surface area contributed by atoms with Crippen LogP contribution >= 0.6 is 0 Å². The fraction of sp³-hybridized carbons (Fsp3) is 0.235. The topological polar surface area (TPSA) is 103 Å². The van der Waals surface area contributed by atoms with Gasteiger partial charge in [-0.15, -0.1) is 0 Å². The van der Waals surface area contributed by atoms with Crippen molar-refractivity contribution in [1.82, 2.24) is 14.7 Å². The van der Waals surface area contributed by atoms with Gasteiger partial charge in [-0.1, -0.05) is 0 Å². The molecule has 3 heterocycles. The number of furan rings is 1. The van der Waals surface area contributed by atoms with Crippen molar-refractivity contribution in [3.05, 3.63) is 48.3 Å². The van der Waals surface area contributed by atoms with Crippen LogP contribution in [0.2, 0.25) is 0 Å². The second kappa shape index (κ2) is 6.78. The molecule has 3 N–H and O–H groups in total. The Morgan fingerprint density at radius 1 is 1.33 bits per heavy atom. The number of nitrogens with one attached hydrogen (secondary N) is 1. The first-order valence-corrected chi connectivity index (χ1v) is 7.83. The van der Waals surface area contributed by atoms with E-state index in [0.717, 1.165) is 6.07 Å². The number of halogens is 3. The first-order valence-electron chi connectivity index (χ1n) is 7.83. The number of amides is 2. The lowest BCUT2D eigenvalue weighted by Gasteiger charge is -2.10. The molecular formula is C17H15F3N4O3. The van der Waals surface area contributed by atoms with Gasteiger partial charge in [0.25, 0.3) is 0 Å². The molecule has 142 valence electrons. The molecule has 3 rings (SSSR count). The van der Waals surface area contributed by atoms with Gasteiger partial charge in [0.1, 0.15) is 5.65 Å². The third kappa shape index (κ3) is 3.64. The summed E-state index contributed by atoms with van der Waals surface area (Å²) in [5, 5.41) is 2.36. The number of alkyl halides is 3. The van der Waals surface area contributed by atoms with Crippen LogP contribution in [-0.4, -0.2) is 28.2 Å². The van der Waals surface area contributed by atoms with E-state index in [2.05, 4.69) is 10.3 Å². The Morgan fingerprint density at radius 2 is 2.07 bits per heavy atom. The number of primary amides is 1. The molecule has 0 fully saturated rings. The molecule has 0 bridgehead atoms. The van der Waals surface area contributed by atoms with Crippen LogP contribution in [0.3, 0.4) is 0 Å². The number of fused-ring (bicyclic) bond motifs is 1. The number of imidazole rings is 1. The van der Waals surface area contributed by atoms with E-state index in [0.29, 0.717) is 5.56 Å². The van der Waals surface area contributed by atoms with Crippen LogP contribution in [0.5, 0.6) is 0 Å². The highest BCUT2D eigenvalue weighted by molar-refractivity contribution is 5.88. The minimum Gasteiger partial charge on any atom is -0.472 e. The molecule has 2 amide bonds. The van der Waals surface area contributed by atoms with Crippen molar-refractivity contribution < 1.29 is 27.2 Å². The lowest BCUT2D eigenvalue weighted by atomic mass is 10.0. The van der Waals surface area contributed by atoms with Crippen molar-refractivity contribution in [2.45, 2.75) is 18.5 Å². The summed E-state index contributed by atoms with van der Waals surface area (Å²) >= 11 is 0. The third-order valence-electron chi connectivity index (χ3n) is 4.05. The van der Waals surface area contributed by atoms with Crippen molar-refractivity contribution in [3.63, 3.8) is 0 Å². The molecule has 3 aromatic heterocycles. The van der Waals surface area contributed by atoms with Crippen molar-refractivity contribution in [2.24, 2.45) is 5.73 Å². The Balaban J connectivity index is 2.20. The minimum atomic E-state index is -4.67. The Hall–Kier alpha value is -3.30. The standard InChI is InChI=1S/C17H15F3N4O3/c1-22-16(26)11(5-14(21)25)13-7-24-6-10(9-2-3-27-8-9)4-12(15(24)23-13)17(18,19)20/h2-4,6-8,11H,5H2,1H3,(H2,21,25)(H,22,26). The van der Waals surface area contributed by atoms with Crippen molar-refractivity contribution >= 4 is 17.5 Å². The maximum absolute atomic E-state index is 13.6. The molecule has 7 nitrogen and oxygen atoms in total. The van der Waals surface area contributed by atoms with Gasteiger partial charge in [-0.2, -0.15) is 13.2 Å². The third-order valence-corrected chi connectivity index (χ3v) is 4.05. The molecule has 0 saturated heterocycles. The smallest absolute Gasteiger partial charge is 0.420 e. The van der Waals surface area contributed by atoms with Crippen molar-refractivity contribution in [1.29, 1.82) is 0 Å². The molecule has 0 aliphatic rings. The normalized spacial score (nSPS) is 12.9. The van der Waals surface area contributed by atoms with Crippen LogP contribution in [0.4, 0.5) is 13.2 Å². The van der Waals surface area contributed by atoms with E-state index in [-0.39, 0.29) is 23.3 Å². The number of rotatable bonds is 5. The summed E-state index contributed by atoms with van der Waals surface area (Å²) in [6.07, 6.45) is 0.351. The predicted octanol–water partition coefficient (Wildman–Crippen LogP) is 2.32. The van der Waals surface area contributed by atoms with E-state index in [1.54, 1.807) is 0 Å². The van der Waals surface area contributed by atoms with Gasteiger partial charge in [0.15, 0.2) is 0 Å². The first-order chi connectivity index (χ1) is 12.7. The molecule has 3 aromatic rings. The summed E-state index contributed by atoms with van der Waals surface area (Å²) in [6, 6.07) is 2.49. The minimum absolute atomic E-state index is 0.0167. The number of carbonyl (C=O) groups excluding carboxylic acids is 2. The van der Waals surface area contributed by atoms with Gasteiger partial charge in [0.2, 0.25) is 11.8 Å². The molecule has 0 radical (unpaired) electrons. The van der Waals surface area contributed by atoms with Crippen LogP contribution in [0, 0.1) is 0 Å². The Morgan fingerprint density at radius 3 is 2.63 bits per heavy atom. The maximum Gasteiger partial charge on any atom is 0.420 e. The SMILES string of the molecule is CNC(=O)C(CC(N)=O)c1cn2cc(-c3ccoc3)cc(C(F)(F)F)c2n1. The number of nitrogens with two attached hydrogens (primary N) is 1. The number of hydrogen-bond donors (Lipinski definition) is 2. The van der Waals surface area contributed by atoms with Crippen LogP contribution in [0.1, 0.15) is 23.6 Å². The zero-order valence-corrected chi connectivity index (χ0v) is 14.1. The van der Waals surface area contributed by atoms with Crippen molar-refractivity contribution in [2.75, 3.05) is 7.05 Å². The van der Waals surface area contributed by atoms with E-state index in [1.165, 1.54) is 42.4 Å². The average molecular weight is 380 g/mol. The largest absolute Gasteiger partial charge is 0.472 e. The molecule has 0 aliphatic carbocycles. The highest BCUT2D eigenvalue weighted by atomic mass is 19.4. The summed E-state index contributed by atoms with van der Waals surface area (Å²) in [5.74, 6) is -2.43. The van der Waals surface area contributed by atoms with E-state index in [4.69, 9.17) is 10.2 Å².